The van der Waals surface area contributed by atoms with Crippen LogP contribution in [0.4, 0.5) is 0 Å². The fraction of sp³-hybridized carbons (Fsp3) is 0.526. The normalized spacial score (nSPS) is 15.3. The van der Waals surface area contributed by atoms with E-state index in [1.165, 1.54) is 0 Å². The van der Waals surface area contributed by atoms with Crippen molar-refractivity contribution < 1.29 is 18.7 Å². The number of carbonyl (C=O) groups is 1. The molecule has 7 heteroatoms. The quantitative estimate of drug-likeness (QED) is 0.816. The molecule has 1 saturated heterocycles. The summed E-state index contributed by atoms with van der Waals surface area (Å²) >= 11 is 0. The van der Waals surface area contributed by atoms with Crippen molar-refractivity contribution in [3.05, 3.63) is 35.5 Å². The number of benzene rings is 1. The highest BCUT2D eigenvalue weighted by Gasteiger charge is 2.28. The molecule has 2 aromatic rings. The molecule has 0 bridgehead atoms. The number of aromatic nitrogens is 2. The van der Waals surface area contributed by atoms with Crippen LogP contribution in [0, 0.1) is 0 Å². The molecule has 140 valence electrons. The highest BCUT2D eigenvalue weighted by atomic mass is 16.5. The maximum Gasteiger partial charge on any atom is 0.253 e. The fourth-order valence-corrected chi connectivity index (χ4v) is 3.13. The predicted octanol–water partition coefficient (Wildman–Crippen LogP) is 3.23. The Hall–Kier alpha value is -2.57. The summed E-state index contributed by atoms with van der Waals surface area (Å²) in [5, 5.41) is 8.29. The van der Waals surface area contributed by atoms with Crippen LogP contribution in [0.1, 0.15) is 60.7 Å². The van der Waals surface area contributed by atoms with E-state index in [0.29, 0.717) is 41.9 Å². The molecule has 26 heavy (non-hydrogen) atoms. The summed E-state index contributed by atoms with van der Waals surface area (Å²) in [6.07, 6.45) is 1.64. The Balaban J connectivity index is 1.64. The van der Waals surface area contributed by atoms with Crippen molar-refractivity contribution in [2.45, 2.75) is 38.5 Å². The summed E-state index contributed by atoms with van der Waals surface area (Å²) in [4.78, 5) is 14.6. The first-order valence-electron chi connectivity index (χ1n) is 8.88. The number of methoxy groups -OCH3 is 2. The summed E-state index contributed by atoms with van der Waals surface area (Å²) < 4.78 is 16.3. The first kappa shape index (κ1) is 18.2. The van der Waals surface area contributed by atoms with Crippen LogP contribution < -0.4 is 9.47 Å². The number of amides is 1. The van der Waals surface area contributed by atoms with Gasteiger partial charge in [0, 0.05) is 30.5 Å². The van der Waals surface area contributed by atoms with Gasteiger partial charge in [-0.1, -0.05) is 13.8 Å². The lowest BCUT2D eigenvalue weighted by Gasteiger charge is -2.30. The molecule has 0 N–H and O–H groups in total. The van der Waals surface area contributed by atoms with Crippen LogP contribution in [0.3, 0.4) is 0 Å². The minimum absolute atomic E-state index is 0.00204. The molecule has 0 spiro atoms. The Kier molecular flexibility index (Phi) is 5.44. The van der Waals surface area contributed by atoms with E-state index in [2.05, 4.69) is 10.2 Å². The highest BCUT2D eigenvalue weighted by Crippen LogP contribution is 2.31. The van der Waals surface area contributed by atoms with Gasteiger partial charge in [-0.2, -0.15) is 0 Å². The number of piperidine rings is 1. The van der Waals surface area contributed by atoms with Crippen LogP contribution in [0.15, 0.2) is 22.6 Å². The molecule has 1 aromatic carbocycles. The topological polar surface area (TPSA) is 77.7 Å². The van der Waals surface area contributed by atoms with Crippen LogP contribution in [0.25, 0.3) is 0 Å². The van der Waals surface area contributed by atoms with Gasteiger partial charge in [-0.25, -0.2) is 0 Å². The Morgan fingerprint density at radius 2 is 1.85 bits per heavy atom. The van der Waals surface area contributed by atoms with Gasteiger partial charge < -0.3 is 18.8 Å². The van der Waals surface area contributed by atoms with Gasteiger partial charge in [0.1, 0.15) is 0 Å². The van der Waals surface area contributed by atoms with Crippen LogP contribution in [-0.4, -0.2) is 48.3 Å². The Morgan fingerprint density at radius 3 is 2.42 bits per heavy atom. The maximum absolute atomic E-state index is 12.8. The molecule has 0 unspecified atom stereocenters. The number of hydrogen-bond donors (Lipinski definition) is 0. The molecule has 1 aromatic heterocycles. The molecule has 1 fully saturated rings. The predicted molar refractivity (Wildman–Crippen MR) is 95.8 cm³/mol. The molecule has 0 radical (unpaired) electrons. The fourth-order valence-electron chi connectivity index (χ4n) is 3.13. The summed E-state index contributed by atoms with van der Waals surface area (Å²) in [5.41, 5.74) is 0.598. The standard InChI is InChI=1S/C19H25N3O4/c1-12(2)17-20-21-18(26-17)13-7-9-22(10-8-13)19(23)14-5-6-15(24-3)16(11-14)25-4/h5-6,11-13H,7-10H2,1-4H3. The molecule has 1 aliphatic rings. The second-order valence-corrected chi connectivity index (χ2v) is 6.77. The van der Waals surface area contributed by atoms with Crippen LogP contribution in [0.5, 0.6) is 11.5 Å². The van der Waals surface area contributed by atoms with E-state index in [4.69, 9.17) is 13.9 Å². The monoisotopic (exact) mass is 359 g/mol. The van der Waals surface area contributed by atoms with E-state index in [-0.39, 0.29) is 17.7 Å². The number of carbonyl (C=O) groups excluding carboxylic acids is 1. The maximum atomic E-state index is 12.8. The minimum Gasteiger partial charge on any atom is -0.493 e. The third-order valence-corrected chi connectivity index (χ3v) is 4.71. The molecule has 2 heterocycles. The lowest BCUT2D eigenvalue weighted by molar-refractivity contribution is 0.0705. The molecular formula is C19H25N3O4. The van der Waals surface area contributed by atoms with Crippen LogP contribution in [-0.2, 0) is 0 Å². The summed E-state index contributed by atoms with van der Waals surface area (Å²) in [6, 6.07) is 5.24. The third-order valence-electron chi connectivity index (χ3n) is 4.71. The summed E-state index contributed by atoms with van der Waals surface area (Å²) in [7, 11) is 3.14. The zero-order valence-corrected chi connectivity index (χ0v) is 15.7. The van der Waals surface area contributed by atoms with Crippen molar-refractivity contribution >= 4 is 5.91 Å². The van der Waals surface area contributed by atoms with Gasteiger partial charge in [0.2, 0.25) is 11.8 Å². The Morgan fingerprint density at radius 1 is 1.15 bits per heavy atom. The lowest BCUT2D eigenvalue weighted by Crippen LogP contribution is -2.38. The SMILES string of the molecule is COc1ccc(C(=O)N2CCC(c3nnc(C(C)C)o3)CC2)cc1OC. The zero-order valence-electron chi connectivity index (χ0n) is 15.7. The van der Waals surface area contributed by atoms with Crippen molar-refractivity contribution in [2.24, 2.45) is 0 Å². The average molecular weight is 359 g/mol. The first-order valence-corrected chi connectivity index (χ1v) is 8.88. The van der Waals surface area contributed by atoms with Crippen molar-refractivity contribution in [3.63, 3.8) is 0 Å². The van der Waals surface area contributed by atoms with Crippen LogP contribution in [0.2, 0.25) is 0 Å². The van der Waals surface area contributed by atoms with Gasteiger partial charge >= 0.3 is 0 Å². The summed E-state index contributed by atoms with van der Waals surface area (Å²) in [6.45, 7) is 5.39. The number of rotatable bonds is 5. The molecule has 3 rings (SSSR count). The van der Waals surface area contributed by atoms with Crippen LogP contribution >= 0.6 is 0 Å². The largest absolute Gasteiger partial charge is 0.493 e. The van der Waals surface area contributed by atoms with Crippen molar-refractivity contribution in [1.29, 1.82) is 0 Å². The van der Waals surface area contributed by atoms with E-state index < -0.39 is 0 Å². The average Bonchev–Trinajstić information content (AvgIpc) is 3.17. The van der Waals surface area contributed by atoms with E-state index in [1.807, 2.05) is 18.7 Å². The Bertz CT molecular complexity index is 764. The number of likely N-dealkylation sites (tertiary alicyclic amines) is 1. The van der Waals surface area contributed by atoms with Crippen molar-refractivity contribution in [2.75, 3.05) is 27.3 Å². The molecule has 0 atom stereocenters. The van der Waals surface area contributed by atoms with Gasteiger partial charge in [0.05, 0.1) is 14.2 Å². The molecule has 0 saturated carbocycles. The van der Waals surface area contributed by atoms with Crippen molar-refractivity contribution in [1.82, 2.24) is 15.1 Å². The molecular weight excluding hydrogens is 334 g/mol. The number of nitrogens with zero attached hydrogens (tertiary/aromatic N) is 3. The highest BCUT2D eigenvalue weighted by molar-refractivity contribution is 5.95. The second kappa shape index (κ2) is 7.76. The molecule has 0 aliphatic carbocycles. The molecule has 1 amide bonds. The first-order chi connectivity index (χ1) is 12.5. The smallest absolute Gasteiger partial charge is 0.253 e. The van der Waals surface area contributed by atoms with Gasteiger partial charge in [-0.3, -0.25) is 4.79 Å². The van der Waals surface area contributed by atoms with E-state index in [9.17, 15) is 4.79 Å². The Labute approximate surface area is 153 Å². The van der Waals surface area contributed by atoms with Gasteiger partial charge in [-0.15, -0.1) is 10.2 Å². The number of hydrogen-bond acceptors (Lipinski definition) is 6. The number of ether oxygens (including phenoxy) is 2. The van der Waals surface area contributed by atoms with Gasteiger partial charge in [0.15, 0.2) is 11.5 Å². The zero-order chi connectivity index (χ0) is 18.7. The van der Waals surface area contributed by atoms with Gasteiger partial charge in [-0.05, 0) is 31.0 Å². The lowest BCUT2D eigenvalue weighted by atomic mass is 9.96. The van der Waals surface area contributed by atoms with Gasteiger partial charge in [0.25, 0.3) is 5.91 Å². The van der Waals surface area contributed by atoms with E-state index in [0.717, 1.165) is 12.8 Å². The molecule has 1 aliphatic heterocycles. The molecule has 7 nitrogen and oxygen atoms in total. The second-order valence-electron chi connectivity index (χ2n) is 6.77. The third kappa shape index (κ3) is 3.66. The van der Waals surface area contributed by atoms with Crippen molar-refractivity contribution in [3.8, 4) is 11.5 Å². The van der Waals surface area contributed by atoms with E-state index >= 15 is 0 Å². The summed E-state index contributed by atoms with van der Waals surface area (Å²) in [5.74, 6) is 2.96. The minimum atomic E-state index is -0.00204. The van der Waals surface area contributed by atoms with E-state index in [1.54, 1.807) is 32.4 Å².